The summed E-state index contributed by atoms with van der Waals surface area (Å²) in [7, 11) is 0. The quantitative estimate of drug-likeness (QED) is 0.0552. The van der Waals surface area contributed by atoms with Gasteiger partial charge in [-0.3, -0.25) is 4.79 Å². The molecule has 0 aliphatic carbocycles. The number of nitrogen functional groups attached to an aromatic ring is 2. The molecule has 0 saturated heterocycles. The van der Waals surface area contributed by atoms with Gasteiger partial charge in [0.15, 0.2) is 0 Å². The number of benzene rings is 5. The van der Waals surface area contributed by atoms with Crippen molar-refractivity contribution in [2.75, 3.05) is 11.5 Å². The van der Waals surface area contributed by atoms with Crippen molar-refractivity contribution in [3.05, 3.63) is 114 Å². The predicted molar refractivity (Wildman–Crippen MR) is 189 cm³/mol. The molecule has 5 rings (SSSR count). The number of carbonyl (C=O) groups is 2. The van der Waals surface area contributed by atoms with Gasteiger partial charge in [0.1, 0.15) is 22.7 Å². The van der Waals surface area contributed by atoms with Crippen LogP contribution in [0.15, 0.2) is 128 Å². The maximum absolute atomic E-state index is 11.2. The number of aromatic carboxylic acids is 1. The van der Waals surface area contributed by atoms with Gasteiger partial charge in [-0.2, -0.15) is 20.5 Å². The monoisotopic (exact) mass is 674 g/mol. The van der Waals surface area contributed by atoms with Crippen LogP contribution in [0.5, 0.6) is 5.75 Å². The van der Waals surface area contributed by atoms with E-state index in [9.17, 15) is 14.7 Å². The molecule has 0 atom stereocenters. The summed E-state index contributed by atoms with van der Waals surface area (Å²) in [4.78, 5) is 22.1. The number of phenols is 1. The molecule has 0 amide bonds. The first-order chi connectivity index (χ1) is 22.6. The van der Waals surface area contributed by atoms with Gasteiger partial charge in [0.2, 0.25) is 0 Å². The number of anilines is 2. The summed E-state index contributed by atoms with van der Waals surface area (Å²) in [6.07, 6.45) is -0.0862. The van der Waals surface area contributed by atoms with E-state index < -0.39 is 11.9 Å². The van der Waals surface area contributed by atoms with Gasteiger partial charge in [-0.25, -0.2) is 4.79 Å². The number of nitrogens with two attached hydrogens (primary N) is 2. The molecule has 236 valence electrons. The Morgan fingerprint density at radius 3 is 1.61 bits per heavy atom. The van der Waals surface area contributed by atoms with Crippen LogP contribution >= 0.6 is 0 Å². The zero-order valence-electron chi connectivity index (χ0n) is 26.9. The molecule has 0 heterocycles. The van der Waals surface area contributed by atoms with Gasteiger partial charge in [0.05, 0.1) is 40.5 Å². The van der Waals surface area contributed by atoms with Crippen molar-refractivity contribution in [2.45, 2.75) is 13.3 Å². The van der Waals surface area contributed by atoms with E-state index in [2.05, 4.69) is 30.7 Å². The fraction of sp³-hybridized carbons (Fsp3) is 0.0588. The number of aromatic hydroxyl groups is 1. The molecule has 2 radical (unpaired) electrons. The van der Waals surface area contributed by atoms with Crippen LogP contribution < -0.4 is 11.5 Å². The third kappa shape index (κ3) is 10.1. The number of aliphatic carboxylic acids is 1. The van der Waals surface area contributed by atoms with Crippen molar-refractivity contribution < 1.29 is 24.9 Å². The molecule has 15 heteroatoms. The fourth-order valence-corrected chi connectivity index (χ4v) is 4.39. The van der Waals surface area contributed by atoms with Crippen molar-refractivity contribution in [1.29, 1.82) is 0 Å². The Morgan fingerprint density at radius 2 is 1.08 bits per heavy atom. The Kier molecular flexibility index (Phi) is 13.9. The number of rotatable bonds is 10. The molecule has 7 N–H and O–H groups in total. The average Bonchev–Trinajstić information content (AvgIpc) is 3.06. The van der Waals surface area contributed by atoms with Crippen LogP contribution in [0.3, 0.4) is 0 Å². The van der Waals surface area contributed by atoms with Crippen molar-refractivity contribution in [2.24, 2.45) is 30.7 Å². The van der Waals surface area contributed by atoms with E-state index >= 15 is 0 Å². The standard InChI is InChI=1S/C34H28N8O5.2Na/c1-19-16-28(32(36)33(31(19)35)42-39-23-8-2-20(3-9-23)17-30(44)45)41-38-25-12-6-22(7-13-25)21-4-10-24(11-5-21)37-40-26-14-15-29(43)27(18-26)34(46)47;;/h2-16,18,43H,17,35-36H2,1H3,(H,44,45)(H,46,47);;. The Bertz CT molecular complexity index is 2050. The summed E-state index contributed by atoms with van der Waals surface area (Å²) < 4.78 is 0. The van der Waals surface area contributed by atoms with E-state index in [1.54, 1.807) is 49.4 Å². The third-order valence-electron chi connectivity index (χ3n) is 6.95. The summed E-state index contributed by atoms with van der Waals surface area (Å²) in [5.74, 6) is -2.52. The van der Waals surface area contributed by atoms with Crippen LogP contribution in [0.2, 0.25) is 0 Å². The van der Waals surface area contributed by atoms with Gasteiger partial charge in [-0.05, 0) is 89.8 Å². The van der Waals surface area contributed by atoms with Crippen molar-refractivity contribution in [3.63, 3.8) is 0 Å². The second kappa shape index (κ2) is 17.6. The molecule has 5 aromatic carbocycles. The van der Waals surface area contributed by atoms with Crippen molar-refractivity contribution in [3.8, 4) is 16.9 Å². The van der Waals surface area contributed by atoms with Crippen LogP contribution in [0.4, 0.5) is 45.5 Å². The summed E-state index contributed by atoms with van der Waals surface area (Å²) in [6.45, 7) is 1.80. The largest absolute Gasteiger partial charge is 0.507 e. The number of carboxylic acids is 2. The smallest absolute Gasteiger partial charge is 0.339 e. The van der Waals surface area contributed by atoms with Crippen LogP contribution in [-0.4, -0.2) is 86.4 Å². The molecule has 0 bridgehead atoms. The molecule has 0 saturated carbocycles. The van der Waals surface area contributed by atoms with Crippen LogP contribution in [-0.2, 0) is 11.2 Å². The van der Waals surface area contributed by atoms with Gasteiger partial charge in [-0.15, -0.1) is 10.2 Å². The number of hydrogen-bond acceptors (Lipinski definition) is 11. The minimum atomic E-state index is -1.26. The maximum Gasteiger partial charge on any atom is 0.339 e. The minimum absolute atomic E-state index is 0. The summed E-state index contributed by atoms with van der Waals surface area (Å²) >= 11 is 0. The number of aryl methyl sites for hydroxylation is 1. The molecule has 13 nitrogen and oxygen atoms in total. The van der Waals surface area contributed by atoms with E-state index in [-0.39, 0.29) is 88.2 Å². The molecule has 0 unspecified atom stereocenters. The summed E-state index contributed by atoms with van der Waals surface area (Å²) in [6, 6.07) is 27.1. The van der Waals surface area contributed by atoms with Crippen molar-refractivity contribution in [1.82, 2.24) is 0 Å². The number of azo groups is 3. The predicted octanol–water partition coefficient (Wildman–Crippen LogP) is 8.34. The molecule has 0 aliphatic heterocycles. The van der Waals surface area contributed by atoms with Gasteiger partial charge in [0.25, 0.3) is 0 Å². The van der Waals surface area contributed by atoms with Gasteiger partial charge in [-0.1, -0.05) is 36.4 Å². The minimum Gasteiger partial charge on any atom is -0.507 e. The van der Waals surface area contributed by atoms with Crippen molar-refractivity contribution >= 4 is 117 Å². The van der Waals surface area contributed by atoms with E-state index in [4.69, 9.17) is 21.7 Å². The van der Waals surface area contributed by atoms with Crippen LogP contribution in [0, 0.1) is 6.92 Å². The van der Waals surface area contributed by atoms with E-state index in [0.717, 1.165) is 11.1 Å². The number of hydrogen-bond donors (Lipinski definition) is 5. The molecule has 5 aromatic rings. The van der Waals surface area contributed by atoms with E-state index in [1.807, 2.05) is 36.4 Å². The summed E-state index contributed by atoms with van der Waals surface area (Å²) in [5, 5.41) is 53.1. The molecule has 0 fully saturated rings. The molecule has 0 aliphatic rings. The average molecular weight is 675 g/mol. The second-order valence-corrected chi connectivity index (χ2v) is 10.3. The molecular formula is C34H28N8Na2O5. The Balaban J connectivity index is 0.00000325. The Morgan fingerprint density at radius 1 is 0.612 bits per heavy atom. The fourth-order valence-electron chi connectivity index (χ4n) is 4.39. The summed E-state index contributed by atoms with van der Waals surface area (Å²) in [5.41, 5.74) is 18.7. The number of carboxylic acid groups (broad SMARTS) is 2. The first kappa shape index (κ1) is 38.7. The normalized spacial score (nSPS) is 11.0. The maximum atomic E-state index is 11.2. The van der Waals surface area contributed by atoms with Crippen LogP contribution in [0.25, 0.3) is 11.1 Å². The third-order valence-corrected chi connectivity index (χ3v) is 6.95. The van der Waals surface area contributed by atoms with E-state index in [1.165, 1.54) is 18.2 Å². The molecular weight excluding hydrogens is 646 g/mol. The molecule has 49 heavy (non-hydrogen) atoms. The number of nitrogens with zero attached hydrogens (tertiary/aromatic N) is 6. The Hall–Kier alpha value is -4.76. The molecule has 0 spiro atoms. The zero-order chi connectivity index (χ0) is 33.5. The SMILES string of the molecule is Cc1cc(N=Nc2ccc(-c3ccc(N=Nc4ccc(O)c(C(=O)O)c4)cc3)cc2)c(N)c(N=Nc2ccc(CC(=O)O)cc2)c1N.[Na].[Na]. The van der Waals surface area contributed by atoms with E-state index in [0.29, 0.717) is 45.3 Å². The van der Waals surface area contributed by atoms with Gasteiger partial charge < -0.3 is 26.8 Å². The van der Waals surface area contributed by atoms with Gasteiger partial charge >= 0.3 is 11.9 Å². The Labute approximate surface area is 325 Å². The first-order valence-electron chi connectivity index (χ1n) is 14.1. The van der Waals surface area contributed by atoms with Gasteiger partial charge in [0, 0.05) is 59.1 Å². The topological polar surface area (TPSA) is 221 Å². The zero-order valence-corrected chi connectivity index (χ0v) is 30.9. The second-order valence-electron chi connectivity index (χ2n) is 10.3. The van der Waals surface area contributed by atoms with Crippen LogP contribution in [0.1, 0.15) is 21.5 Å². The molecule has 0 aromatic heterocycles. The first-order valence-corrected chi connectivity index (χ1v) is 14.1.